The molecule has 2 nitrogen and oxygen atoms in total. The second kappa shape index (κ2) is 7.10. The molecule has 0 N–H and O–H groups in total. The van der Waals surface area contributed by atoms with Gasteiger partial charge in [-0.1, -0.05) is 78.9 Å². The van der Waals surface area contributed by atoms with Crippen LogP contribution in [0.5, 0.6) is 0 Å². The maximum atomic E-state index is 2.41. The largest absolute Gasteiger partial charge is 0.343 e. The Bertz CT molecular complexity index is 1880. The lowest BCUT2D eigenvalue weighted by Crippen LogP contribution is -1.95. The van der Waals surface area contributed by atoms with Crippen molar-refractivity contribution in [3.05, 3.63) is 115 Å². The molecule has 0 saturated heterocycles. The van der Waals surface area contributed by atoms with E-state index in [-0.39, 0.29) is 0 Å². The molecule has 0 amide bonds. The Hall–Kier alpha value is -4.30. The molecule has 2 heterocycles. The summed E-state index contributed by atoms with van der Waals surface area (Å²) in [6, 6.07) is 39.8. The van der Waals surface area contributed by atoms with E-state index in [2.05, 4.69) is 132 Å². The molecular weight excluding hydrogens is 412 g/mol. The topological polar surface area (TPSA) is 9.86 Å². The summed E-state index contributed by atoms with van der Waals surface area (Å²) in [6.07, 6.45) is 0. The molecule has 0 unspecified atom stereocenters. The van der Waals surface area contributed by atoms with Gasteiger partial charge in [0.15, 0.2) is 0 Å². The van der Waals surface area contributed by atoms with Crippen LogP contribution in [0.15, 0.2) is 109 Å². The van der Waals surface area contributed by atoms with Crippen molar-refractivity contribution in [2.45, 2.75) is 6.92 Å². The SMILES string of the molecule is Cc1cccc(-n2c3ccccc3c3ccc(-c4cccc5c6ccccc6n(C)c45)cc32)c1. The Labute approximate surface area is 198 Å². The van der Waals surface area contributed by atoms with E-state index in [0.717, 1.165) is 0 Å². The molecule has 0 aliphatic heterocycles. The Morgan fingerprint density at radius 1 is 0.529 bits per heavy atom. The number of para-hydroxylation sites is 3. The molecule has 0 radical (unpaired) electrons. The van der Waals surface area contributed by atoms with Gasteiger partial charge in [-0.2, -0.15) is 0 Å². The summed E-state index contributed by atoms with van der Waals surface area (Å²) in [5, 5.41) is 5.17. The monoisotopic (exact) mass is 436 g/mol. The van der Waals surface area contributed by atoms with Crippen molar-refractivity contribution in [2.24, 2.45) is 7.05 Å². The highest BCUT2D eigenvalue weighted by Gasteiger charge is 2.16. The molecule has 0 spiro atoms. The second-order valence-electron chi connectivity index (χ2n) is 9.20. The van der Waals surface area contributed by atoms with Gasteiger partial charge in [-0.15, -0.1) is 0 Å². The van der Waals surface area contributed by atoms with E-state index in [0.29, 0.717) is 0 Å². The summed E-state index contributed by atoms with van der Waals surface area (Å²) in [5.41, 5.74) is 9.98. The third-order valence-corrected chi connectivity index (χ3v) is 7.17. The van der Waals surface area contributed by atoms with E-state index in [4.69, 9.17) is 0 Å². The smallest absolute Gasteiger partial charge is 0.0568 e. The fourth-order valence-electron chi connectivity index (χ4n) is 5.65. The third-order valence-electron chi connectivity index (χ3n) is 7.17. The minimum Gasteiger partial charge on any atom is -0.343 e. The van der Waals surface area contributed by atoms with Gasteiger partial charge in [-0.05, 0) is 48.4 Å². The van der Waals surface area contributed by atoms with Crippen LogP contribution in [-0.4, -0.2) is 9.13 Å². The quantitative estimate of drug-likeness (QED) is 0.257. The molecule has 0 saturated carbocycles. The summed E-state index contributed by atoms with van der Waals surface area (Å²) in [4.78, 5) is 0. The zero-order valence-electron chi connectivity index (χ0n) is 19.3. The first kappa shape index (κ1) is 19.2. The molecule has 5 aromatic carbocycles. The first-order valence-electron chi connectivity index (χ1n) is 11.8. The standard InChI is InChI=1S/C32H24N2/c1-21-9-7-10-23(19-21)34-30-16-6-4-11-25(30)27-18-17-22(20-31(27)34)24-13-8-14-28-26-12-3-5-15-29(26)33(2)32(24)28/h3-20H,1-2H3. The van der Waals surface area contributed by atoms with E-state index in [1.54, 1.807) is 0 Å². The van der Waals surface area contributed by atoms with Crippen molar-refractivity contribution in [1.29, 1.82) is 0 Å². The Kier molecular flexibility index (Phi) is 4.01. The molecule has 0 aliphatic rings. The first-order valence-corrected chi connectivity index (χ1v) is 11.8. The van der Waals surface area contributed by atoms with Crippen LogP contribution in [0.25, 0.3) is 60.4 Å². The van der Waals surface area contributed by atoms with Crippen molar-refractivity contribution < 1.29 is 0 Å². The number of aryl methyl sites for hydroxylation is 2. The first-order chi connectivity index (χ1) is 16.7. The van der Waals surface area contributed by atoms with Crippen LogP contribution in [0.2, 0.25) is 0 Å². The van der Waals surface area contributed by atoms with E-state index >= 15 is 0 Å². The van der Waals surface area contributed by atoms with Crippen LogP contribution in [0.1, 0.15) is 5.56 Å². The van der Waals surface area contributed by atoms with E-state index in [1.807, 2.05) is 0 Å². The van der Waals surface area contributed by atoms with Gasteiger partial charge in [0, 0.05) is 45.4 Å². The lowest BCUT2D eigenvalue weighted by molar-refractivity contribution is 1.02. The van der Waals surface area contributed by atoms with Crippen molar-refractivity contribution in [3.63, 3.8) is 0 Å². The van der Waals surface area contributed by atoms with Crippen LogP contribution in [0.4, 0.5) is 0 Å². The molecule has 2 aromatic heterocycles. The highest BCUT2D eigenvalue weighted by atomic mass is 15.0. The highest BCUT2D eigenvalue weighted by Crippen LogP contribution is 2.38. The highest BCUT2D eigenvalue weighted by molar-refractivity contribution is 6.14. The van der Waals surface area contributed by atoms with Gasteiger partial charge < -0.3 is 9.13 Å². The predicted octanol–water partition coefficient (Wildman–Crippen LogP) is 8.40. The lowest BCUT2D eigenvalue weighted by Gasteiger charge is -2.11. The summed E-state index contributed by atoms with van der Waals surface area (Å²) < 4.78 is 4.74. The molecule has 7 rings (SSSR count). The van der Waals surface area contributed by atoms with Crippen LogP contribution in [0, 0.1) is 6.92 Å². The zero-order chi connectivity index (χ0) is 22.8. The van der Waals surface area contributed by atoms with Gasteiger partial charge in [0.1, 0.15) is 0 Å². The number of aromatic nitrogens is 2. The summed E-state index contributed by atoms with van der Waals surface area (Å²) in [5.74, 6) is 0. The minimum absolute atomic E-state index is 1.20. The van der Waals surface area contributed by atoms with E-state index in [9.17, 15) is 0 Å². The van der Waals surface area contributed by atoms with Crippen LogP contribution in [-0.2, 0) is 7.05 Å². The van der Waals surface area contributed by atoms with Crippen molar-refractivity contribution >= 4 is 43.6 Å². The van der Waals surface area contributed by atoms with Gasteiger partial charge in [-0.25, -0.2) is 0 Å². The van der Waals surface area contributed by atoms with E-state index in [1.165, 1.54) is 66.0 Å². The molecule has 2 heteroatoms. The van der Waals surface area contributed by atoms with Crippen molar-refractivity contribution in [3.8, 4) is 16.8 Å². The minimum atomic E-state index is 1.20. The van der Waals surface area contributed by atoms with Crippen molar-refractivity contribution in [1.82, 2.24) is 9.13 Å². The fourth-order valence-corrected chi connectivity index (χ4v) is 5.65. The second-order valence-corrected chi connectivity index (χ2v) is 9.20. The van der Waals surface area contributed by atoms with Gasteiger partial charge in [0.2, 0.25) is 0 Å². The zero-order valence-corrected chi connectivity index (χ0v) is 19.3. The Morgan fingerprint density at radius 3 is 2.03 bits per heavy atom. The van der Waals surface area contributed by atoms with E-state index < -0.39 is 0 Å². The molecule has 7 aromatic rings. The summed E-state index contributed by atoms with van der Waals surface area (Å²) in [6.45, 7) is 2.16. The fraction of sp³-hybridized carbons (Fsp3) is 0.0625. The van der Waals surface area contributed by atoms with Gasteiger partial charge in [0.25, 0.3) is 0 Å². The number of hydrogen-bond acceptors (Lipinski definition) is 0. The number of benzene rings is 5. The predicted molar refractivity (Wildman–Crippen MR) is 145 cm³/mol. The molecule has 34 heavy (non-hydrogen) atoms. The molecular formula is C32H24N2. The van der Waals surface area contributed by atoms with Gasteiger partial charge in [0.05, 0.1) is 16.6 Å². The maximum Gasteiger partial charge on any atom is 0.0568 e. The Morgan fingerprint density at radius 2 is 1.21 bits per heavy atom. The van der Waals surface area contributed by atoms with Crippen molar-refractivity contribution in [2.75, 3.05) is 0 Å². The maximum absolute atomic E-state index is 2.41. The average Bonchev–Trinajstić information content (AvgIpc) is 3.36. The number of fused-ring (bicyclic) bond motifs is 6. The molecule has 0 atom stereocenters. The average molecular weight is 437 g/mol. The number of rotatable bonds is 2. The third kappa shape index (κ3) is 2.63. The van der Waals surface area contributed by atoms with Crippen LogP contribution < -0.4 is 0 Å². The molecule has 0 aliphatic carbocycles. The van der Waals surface area contributed by atoms with Gasteiger partial charge in [-0.3, -0.25) is 0 Å². The van der Waals surface area contributed by atoms with Gasteiger partial charge >= 0.3 is 0 Å². The normalized spacial score (nSPS) is 11.8. The molecule has 162 valence electrons. The summed E-state index contributed by atoms with van der Waals surface area (Å²) in [7, 11) is 2.18. The number of nitrogens with zero attached hydrogens (tertiary/aromatic N) is 2. The van der Waals surface area contributed by atoms with Crippen LogP contribution >= 0.6 is 0 Å². The lowest BCUT2D eigenvalue weighted by atomic mass is 10.0. The van der Waals surface area contributed by atoms with Crippen LogP contribution in [0.3, 0.4) is 0 Å². The molecule has 0 fully saturated rings. The molecule has 0 bridgehead atoms. The number of hydrogen-bond donors (Lipinski definition) is 0. The summed E-state index contributed by atoms with van der Waals surface area (Å²) >= 11 is 0. The Balaban J connectivity index is 1.58.